The van der Waals surface area contributed by atoms with Gasteiger partial charge in [0.15, 0.2) is 0 Å². The van der Waals surface area contributed by atoms with Crippen molar-refractivity contribution < 1.29 is 81.3 Å². The molecule has 0 saturated heterocycles. The van der Waals surface area contributed by atoms with Crippen LogP contribution < -0.4 is 81.3 Å². The van der Waals surface area contributed by atoms with Gasteiger partial charge in [-0.1, -0.05) is 0 Å². The first-order valence-electron chi connectivity index (χ1n) is 0. The summed E-state index contributed by atoms with van der Waals surface area (Å²) in [5.41, 5.74) is 0. The summed E-state index contributed by atoms with van der Waals surface area (Å²) >= 11 is 0. The second-order valence-electron chi connectivity index (χ2n) is 0. The van der Waals surface area contributed by atoms with Gasteiger partial charge in [0.1, 0.15) is 0 Å². The third-order valence-corrected chi connectivity index (χ3v) is 0. The molecule has 4 heteroatoms. The molecule has 0 heterocycles. The zero-order valence-corrected chi connectivity index (χ0v) is 10.9. The summed E-state index contributed by atoms with van der Waals surface area (Å²) < 4.78 is 0. The molecule has 0 fully saturated rings. The monoisotopic (exact) mass is 240 g/mol. The Labute approximate surface area is 103 Å². The summed E-state index contributed by atoms with van der Waals surface area (Å²) in [6, 6.07) is 0. The molecule has 0 unspecified atom stereocenters. The predicted molar refractivity (Wildman–Crippen MR) is 14.5 cm³/mol. The van der Waals surface area contributed by atoms with E-state index in [0.29, 0.717) is 0 Å². The van der Waals surface area contributed by atoms with Crippen LogP contribution in [0.3, 0.4) is 0 Å². The van der Waals surface area contributed by atoms with Gasteiger partial charge in [0.25, 0.3) is 0 Å². The van der Waals surface area contributed by atoms with Crippen molar-refractivity contribution in [1.82, 2.24) is 0 Å². The molecule has 0 aliphatic rings. The smallest absolute Gasteiger partial charge is 1.00 e. The van der Waals surface area contributed by atoms with Crippen molar-refractivity contribution in [1.29, 1.82) is 0 Å². The van der Waals surface area contributed by atoms with E-state index in [1.807, 2.05) is 0 Å². The molecule has 0 aromatic heterocycles. The van der Waals surface area contributed by atoms with Crippen LogP contribution in [0.25, 0.3) is 0 Å². The molecule has 24 valence electrons. The summed E-state index contributed by atoms with van der Waals surface area (Å²) in [4.78, 5) is 0. The van der Waals surface area contributed by atoms with Gasteiger partial charge in [-0.15, -0.1) is 24.8 Å². The van der Waals surface area contributed by atoms with Gasteiger partial charge in [-0.2, -0.15) is 0 Å². The van der Waals surface area contributed by atoms with Crippen LogP contribution >= 0.6 is 24.8 Å². The van der Waals surface area contributed by atoms with Gasteiger partial charge in [-0.25, -0.2) is 0 Å². The van der Waals surface area contributed by atoms with Crippen molar-refractivity contribution in [2.24, 2.45) is 0 Å². The molecule has 0 bridgehead atoms. The number of rotatable bonds is 0. The fraction of sp³-hybridized carbons (Fsp3) is 0. The Kier molecular flexibility index (Phi) is 119. The Balaban J connectivity index is 0. The normalized spacial score (nSPS) is 0. The maximum absolute atomic E-state index is 0. The minimum absolute atomic E-state index is 0. The number of halogens is 3. The zero-order valence-electron chi connectivity index (χ0n) is 2.19. The molecule has 0 spiro atoms. The minimum atomic E-state index is 0. The molecule has 0 aliphatic heterocycles. The number of hydrogen-bond donors (Lipinski definition) is 0. The van der Waals surface area contributed by atoms with Crippen LogP contribution in [0.4, 0.5) is 0 Å². The molecule has 0 rings (SSSR count). The van der Waals surface area contributed by atoms with E-state index in [4.69, 9.17) is 0 Å². The summed E-state index contributed by atoms with van der Waals surface area (Å²) in [6.07, 6.45) is 0. The van der Waals surface area contributed by atoms with Crippen LogP contribution in [-0.4, -0.2) is 0 Å². The van der Waals surface area contributed by atoms with Crippen LogP contribution in [0.15, 0.2) is 0 Å². The van der Waals surface area contributed by atoms with Crippen molar-refractivity contribution in [2.45, 2.75) is 0 Å². The maximum atomic E-state index is 0. The van der Waals surface area contributed by atoms with E-state index in [-0.39, 0.29) is 106 Å². The third kappa shape index (κ3) is 8.87. The van der Waals surface area contributed by atoms with Crippen LogP contribution in [0, 0.1) is 0 Å². The molecule has 0 nitrogen and oxygen atoms in total. The van der Waals surface area contributed by atoms with Crippen LogP contribution in [0.1, 0.15) is 0 Å². The largest absolute Gasteiger partial charge is 1.00 e. The van der Waals surface area contributed by atoms with Crippen molar-refractivity contribution >= 4 is 24.8 Å². The Morgan fingerprint density at radius 2 is 0.750 bits per heavy atom. The fourth-order valence-corrected chi connectivity index (χ4v) is 0. The average molecular weight is 241 g/mol. The van der Waals surface area contributed by atoms with Crippen LogP contribution in [0.2, 0.25) is 0 Å². The minimum Gasteiger partial charge on any atom is -1.00 e. The van der Waals surface area contributed by atoms with Gasteiger partial charge < -0.3 is 12.4 Å². The van der Waals surface area contributed by atoms with Gasteiger partial charge >= 0.3 is 68.9 Å². The Morgan fingerprint density at radius 3 is 0.750 bits per heavy atom. The third-order valence-electron chi connectivity index (χ3n) is 0. The molecular formula is H2Cl3Cs. The van der Waals surface area contributed by atoms with E-state index >= 15 is 0 Å². The van der Waals surface area contributed by atoms with Crippen molar-refractivity contribution in [2.75, 3.05) is 0 Å². The zero-order chi connectivity index (χ0) is 0. The molecule has 0 aromatic rings. The maximum Gasteiger partial charge on any atom is 1.00 e. The Hall–Kier alpha value is 2.92. The summed E-state index contributed by atoms with van der Waals surface area (Å²) in [5.74, 6) is 0. The molecule has 0 amide bonds. The molecule has 0 aliphatic carbocycles. The first-order valence-corrected chi connectivity index (χ1v) is 0. The second kappa shape index (κ2) is 16.8. The van der Waals surface area contributed by atoms with Crippen LogP contribution in [0.5, 0.6) is 0 Å². The predicted octanol–water partition coefficient (Wildman–Crippen LogP) is -5.15. The van der Waals surface area contributed by atoms with Gasteiger partial charge in [0.05, 0.1) is 0 Å². The van der Waals surface area contributed by atoms with Gasteiger partial charge in [0.2, 0.25) is 0 Å². The van der Waals surface area contributed by atoms with Crippen molar-refractivity contribution in [3.63, 3.8) is 0 Å². The van der Waals surface area contributed by atoms with E-state index in [0.717, 1.165) is 0 Å². The first kappa shape index (κ1) is 28.4. The standard InChI is InChI=1S/3ClH.Cs/h3*1H;/q;;;+1/p-1. The van der Waals surface area contributed by atoms with Crippen molar-refractivity contribution in [3.8, 4) is 0 Å². The molecule has 0 N–H and O–H groups in total. The Bertz CT molecular complexity index is 3.25. The van der Waals surface area contributed by atoms with Gasteiger partial charge in [-0.3, -0.25) is 0 Å². The summed E-state index contributed by atoms with van der Waals surface area (Å²) in [7, 11) is 0. The summed E-state index contributed by atoms with van der Waals surface area (Å²) in [6.45, 7) is 0. The van der Waals surface area contributed by atoms with E-state index in [1.54, 1.807) is 0 Å². The first-order chi connectivity index (χ1) is 0. The molecular weight excluding hydrogens is 239 g/mol. The van der Waals surface area contributed by atoms with E-state index in [1.165, 1.54) is 0 Å². The number of hydrogen-bond acceptors (Lipinski definition) is 0. The topological polar surface area (TPSA) is 0 Å². The van der Waals surface area contributed by atoms with E-state index in [2.05, 4.69) is 0 Å². The van der Waals surface area contributed by atoms with Gasteiger partial charge in [-0.05, 0) is 0 Å². The van der Waals surface area contributed by atoms with E-state index < -0.39 is 0 Å². The quantitative estimate of drug-likeness (QED) is 0.398. The molecule has 0 atom stereocenters. The fourth-order valence-electron chi connectivity index (χ4n) is 0. The molecule has 0 radical (unpaired) electrons. The van der Waals surface area contributed by atoms with Gasteiger partial charge in [0, 0.05) is 0 Å². The summed E-state index contributed by atoms with van der Waals surface area (Å²) in [5, 5.41) is 0. The average Bonchev–Trinajstić information content (AvgIpc) is 0. The second-order valence-corrected chi connectivity index (χ2v) is 0. The van der Waals surface area contributed by atoms with Crippen LogP contribution in [-0.2, 0) is 0 Å². The van der Waals surface area contributed by atoms with Crippen molar-refractivity contribution in [3.05, 3.63) is 0 Å². The van der Waals surface area contributed by atoms with E-state index in [9.17, 15) is 0 Å². The SMILES string of the molecule is Cl.Cl.[Cl-].[Cs+]. The molecule has 0 saturated carbocycles. The Morgan fingerprint density at radius 1 is 0.750 bits per heavy atom. The molecule has 4 heavy (non-hydrogen) atoms. The molecule has 0 aromatic carbocycles.